The van der Waals surface area contributed by atoms with E-state index in [1.807, 2.05) is 0 Å². The first-order chi connectivity index (χ1) is 9.63. The molecule has 6 heteroatoms. The second kappa shape index (κ2) is 6.27. The van der Waals surface area contributed by atoms with E-state index >= 15 is 0 Å². The summed E-state index contributed by atoms with van der Waals surface area (Å²) in [7, 11) is 0. The molecule has 2 aromatic carbocycles. The number of hydrogen-bond acceptors (Lipinski definition) is 4. The molecule has 0 aliphatic rings. The lowest BCUT2D eigenvalue weighted by atomic mass is 10.2. The zero-order chi connectivity index (χ0) is 14.5. The third kappa shape index (κ3) is 3.20. The van der Waals surface area contributed by atoms with Gasteiger partial charge in [0.2, 0.25) is 0 Å². The second-order valence-corrected chi connectivity index (χ2v) is 4.45. The Morgan fingerprint density at radius 2 is 2.05 bits per heavy atom. The molecule has 0 saturated carbocycles. The van der Waals surface area contributed by atoms with E-state index in [2.05, 4.69) is 5.16 Å². The number of oxime groups is 1. The Morgan fingerprint density at radius 3 is 2.70 bits per heavy atom. The molecule has 2 rings (SSSR count). The maximum atomic E-state index is 9.07. The normalized spacial score (nSPS) is 11.4. The van der Waals surface area contributed by atoms with Gasteiger partial charge in [0.05, 0.1) is 11.6 Å². The fourth-order valence-electron chi connectivity index (χ4n) is 1.63. The number of rotatable bonds is 4. The third-order valence-corrected chi connectivity index (χ3v) is 2.94. The van der Waals surface area contributed by atoms with Gasteiger partial charge in [0, 0.05) is 5.56 Å². The molecule has 0 aliphatic heterocycles. The summed E-state index contributed by atoms with van der Waals surface area (Å²) in [6, 6.07) is 11.8. The number of halogens is 1. The molecule has 0 unspecified atom stereocenters. The Kier molecular flexibility index (Phi) is 4.45. The molecule has 0 saturated heterocycles. The van der Waals surface area contributed by atoms with Crippen LogP contribution in [-0.2, 0) is 6.61 Å². The summed E-state index contributed by atoms with van der Waals surface area (Å²) < 4.78 is 5.63. The first-order valence-electron chi connectivity index (χ1n) is 5.79. The van der Waals surface area contributed by atoms with Crippen molar-refractivity contribution >= 4 is 17.4 Å². The molecule has 0 spiro atoms. The number of nitrogens with zero attached hydrogens (tertiary/aromatic N) is 1. The molecule has 5 nitrogen and oxygen atoms in total. The molecule has 20 heavy (non-hydrogen) atoms. The fourth-order valence-corrected chi connectivity index (χ4v) is 1.85. The van der Waals surface area contributed by atoms with Crippen LogP contribution in [0.25, 0.3) is 0 Å². The van der Waals surface area contributed by atoms with E-state index in [1.54, 1.807) is 42.5 Å². The van der Waals surface area contributed by atoms with Crippen molar-refractivity contribution in [3.63, 3.8) is 0 Å². The van der Waals surface area contributed by atoms with Crippen LogP contribution < -0.4 is 10.5 Å². The number of benzene rings is 2. The van der Waals surface area contributed by atoms with E-state index in [0.717, 1.165) is 5.56 Å². The molecule has 0 radical (unpaired) electrons. The third-order valence-electron chi connectivity index (χ3n) is 2.64. The summed E-state index contributed by atoms with van der Waals surface area (Å²) in [6.45, 7) is -0.0621. The zero-order valence-electron chi connectivity index (χ0n) is 10.5. The Balaban J connectivity index is 2.25. The van der Waals surface area contributed by atoms with Crippen LogP contribution in [0.1, 0.15) is 11.1 Å². The van der Waals surface area contributed by atoms with Crippen LogP contribution in [0, 0.1) is 0 Å². The lowest BCUT2D eigenvalue weighted by Gasteiger charge is -2.09. The number of hydrogen-bond donors (Lipinski definition) is 3. The number of aliphatic hydroxyl groups is 1. The molecule has 0 bridgehead atoms. The first-order valence-corrected chi connectivity index (χ1v) is 6.17. The maximum absolute atomic E-state index is 9.07. The van der Waals surface area contributed by atoms with Crippen LogP contribution >= 0.6 is 11.6 Å². The molecule has 0 amide bonds. The monoisotopic (exact) mass is 292 g/mol. The summed E-state index contributed by atoms with van der Waals surface area (Å²) in [5.74, 6) is 0.979. The number of amidine groups is 1. The van der Waals surface area contributed by atoms with Crippen LogP contribution in [-0.4, -0.2) is 16.1 Å². The minimum Gasteiger partial charge on any atom is -0.456 e. The highest BCUT2D eigenvalue weighted by Crippen LogP contribution is 2.30. The fraction of sp³-hybridized carbons (Fsp3) is 0.0714. The van der Waals surface area contributed by atoms with Gasteiger partial charge in [0.25, 0.3) is 0 Å². The van der Waals surface area contributed by atoms with E-state index in [1.165, 1.54) is 0 Å². The van der Waals surface area contributed by atoms with Gasteiger partial charge in [-0.15, -0.1) is 0 Å². The summed E-state index contributed by atoms with van der Waals surface area (Å²) in [6.07, 6.45) is 0. The van der Waals surface area contributed by atoms with Crippen molar-refractivity contribution in [3.05, 3.63) is 58.6 Å². The first kappa shape index (κ1) is 14.2. The van der Waals surface area contributed by atoms with E-state index < -0.39 is 0 Å². The van der Waals surface area contributed by atoms with Crippen LogP contribution in [0.4, 0.5) is 0 Å². The van der Waals surface area contributed by atoms with Crippen molar-refractivity contribution in [1.82, 2.24) is 0 Å². The molecule has 0 atom stereocenters. The summed E-state index contributed by atoms with van der Waals surface area (Å²) in [5, 5.41) is 20.9. The van der Waals surface area contributed by atoms with E-state index in [9.17, 15) is 0 Å². The molecule has 0 fully saturated rings. The molecule has 4 N–H and O–H groups in total. The summed E-state index contributed by atoms with van der Waals surface area (Å²) in [5.41, 5.74) is 6.71. The predicted molar refractivity (Wildman–Crippen MR) is 76.4 cm³/mol. The molecule has 0 aliphatic carbocycles. The topological polar surface area (TPSA) is 88.1 Å². The summed E-state index contributed by atoms with van der Waals surface area (Å²) in [4.78, 5) is 0. The lowest BCUT2D eigenvalue weighted by molar-refractivity contribution is 0.281. The van der Waals surface area contributed by atoms with Crippen molar-refractivity contribution in [1.29, 1.82) is 0 Å². The van der Waals surface area contributed by atoms with Crippen LogP contribution in [0.2, 0.25) is 5.02 Å². The minimum absolute atomic E-state index is 0.0271. The van der Waals surface area contributed by atoms with E-state index in [4.69, 9.17) is 32.4 Å². The zero-order valence-corrected chi connectivity index (χ0v) is 11.2. The Hall–Kier alpha value is -2.24. The van der Waals surface area contributed by atoms with Crippen molar-refractivity contribution < 1.29 is 15.1 Å². The van der Waals surface area contributed by atoms with Gasteiger partial charge in [-0.1, -0.05) is 28.9 Å². The molecular formula is C14H13ClN2O3. The SMILES string of the molecule is NC(=NO)c1ccc(Oc2cccc(CO)c2)c(Cl)c1. The van der Waals surface area contributed by atoms with E-state index in [-0.39, 0.29) is 12.4 Å². The molecule has 2 aromatic rings. The standard InChI is InChI=1S/C14H13ClN2O3/c15-12-7-10(14(16)17-19)4-5-13(12)20-11-3-1-2-9(6-11)8-18/h1-7,18-19H,8H2,(H2,16,17). The smallest absolute Gasteiger partial charge is 0.170 e. The molecule has 104 valence electrons. The molecule has 0 heterocycles. The number of ether oxygens (including phenoxy) is 1. The van der Waals surface area contributed by atoms with Crippen LogP contribution in [0.3, 0.4) is 0 Å². The number of nitrogens with two attached hydrogens (primary N) is 1. The predicted octanol–water partition coefficient (Wildman–Crippen LogP) is 2.72. The minimum atomic E-state index is -0.0621. The van der Waals surface area contributed by atoms with Gasteiger partial charge >= 0.3 is 0 Å². The second-order valence-electron chi connectivity index (χ2n) is 4.04. The van der Waals surface area contributed by atoms with Crippen LogP contribution in [0.15, 0.2) is 47.6 Å². The Bertz CT molecular complexity index is 644. The Morgan fingerprint density at radius 1 is 1.25 bits per heavy atom. The van der Waals surface area contributed by atoms with Gasteiger partial charge in [-0.05, 0) is 35.9 Å². The molecular weight excluding hydrogens is 280 g/mol. The van der Waals surface area contributed by atoms with Crippen molar-refractivity contribution in [2.75, 3.05) is 0 Å². The van der Waals surface area contributed by atoms with E-state index in [0.29, 0.717) is 22.1 Å². The average molecular weight is 293 g/mol. The molecule has 0 aromatic heterocycles. The van der Waals surface area contributed by atoms with Crippen molar-refractivity contribution in [2.24, 2.45) is 10.9 Å². The average Bonchev–Trinajstić information content (AvgIpc) is 2.48. The highest BCUT2D eigenvalue weighted by molar-refractivity contribution is 6.32. The van der Waals surface area contributed by atoms with Gasteiger partial charge in [-0.3, -0.25) is 0 Å². The highest BCUT2D eigenvalue weighted by Gasteiger charge is 2.07. The van der Waals surface area contributed by atoms with Gasteiger partial charge in [0.15, 0.2) is 5.84 Å². The van der Waals surface area contributed by atoms with Gasteiger partial charge < -0.3 is 20.8 Å². The van der Waals surface area contributed by atoms with Gasteiger partial charge in [0.1, 0.15) is 11.5 Å². The van der Waals surface area contributed by atoms with Gasteiger partial charge in [-0.2, -0.15) is 0 Å². The number of aliphatic hydroxyl groups excluding tert-OH is 1. The largest absolute Gasteiger partial charge is 0.456 e. The lowest BCUT2D eigenvalue weighted by Crippen LogP contribution is -2.12. The summed E-state index contributed by atoms with van der Waals surface area (Å²) >= 11 is 6.09. The van der Waals surface area contributed by atoms with Crippen molar-refractivity contribution in [2.45, 2.75) is 6.61 Å². The Labute approximate surface area is 120 Å². The van der Waals surface area contributed by atoms with Crippen LogP contribution in [0.5, 0.6) is 11.5 Å². The quantitative estimate of drug-likeness (QED) is 0.350. The van der Waals surface area contributed by atoms with Gasteiger partial charge in [-0.25, -0.2) is 0 Å². The highest BCUT2D eigenvalue weighted by atomic mass is 35.5. The maximum Gasteiger partial charge on any atom is 0.170 e. The van der Waals surface area contributed by atoms with Crippen molar-refractivity contribution in [3.8, 4) is 11.5 Å².